The Morgan fingerprint density at radius 1 is 1.17 bits per heavy atom. The molecule has 1 aromatic rings. The van der Waals surface area contributed by atoms with Crippen molar-refractivity contribution >= 4 is 33.0 Å². The van der Waals surface area contributed by atoms with Crippen LogP contribution in [0.15, 0.2) is 16.3 Å². The summed E-state index contributed by atoms with van der Waals surface area (Å²) in [5.74, 6) is 0.159. The molecule has 0 aliphatic carbocycles. The van der Waals surface area contributed by atoms with Crippen molar-refractivity contribution in [2.75, 3.05) is 6.61 Å². The van der Waals surface area contributed by atoms with Gasteiger partial charge in [0.2, 0.25) is 10.0 Å². The summed E-state index contributed by atoms with van der Waals surface area (Å²) >= 11 is 6.85. The molecule has 4 nitrogen and oxygen atoms in total. The second kappa shape index (κ2) is 10.7. The lowest BCUT2D eigenvalue weighted by atomic mass is 9.90. The van der Waals surface area contributed by atoms with Crippen molar-refractivity contribution in [3.05, 3.63) is 16.5 Å². The molecule has 0 spiro atoms. The predicted octanol–water partition coefficient (Wildman–Crippen LogP) is 4.43. The van der Waals surface area contributed by atoms with Crippen LogP contribution in [-0.2, 0) is 10.0 Å². The molecule has 2 N–H and O–H groups in total. The van der Waals surface area contributed by atoms with Gasteiger partial charge >= 0.3 is 0 Å². The van der Waals surface area contributed by atoms with E-state index in [9.17, 15) is 13.5 Å². The van der Waals surface area contributed by atoms with E-state index in [2.05, 4.69) is 18.6 Å². The molecule has 0 saturated heterocycles. The lowest BCUT2D eigenvalue weighted by molar-refractivity contribution is 0.200. The molecule has 0 aromatic carbocycles. The predicted molar refractivity (Wildman–Crippen MR) is 97.7 cm³/mol. The summed E-state index contributed by atoms with van der Waals surface area (Å²) in [5.41, 5.74) is 0. The maximum atomic E-state index is 12.4. The van der Waals surface area contributed by atoms with Gasteiger partial charge in [-0.2, -0.15) is 0 Å². The first-order chi connectivity index (χ1) is 10.9. The van der Waals surface area contributed by atoms with Gasteiger partial charge in [-0.15, -0.1) is 11.3 Å². The number of thiophene rings is 1. The Hall–Kier alpha value is -0.140. The van der Waals surface area contributed by atoms with E-state index in [0.717, 1.165) is 43.4 Å². The third kappa shape index (κ3) is 7.10. The highest BCUT2D eigenvalue weighted by atomic mass is 35.5. The van der Waals surface area contributed by atoms with Gasteiger partial charge in [-0.3, -0.25) is 0 Å². The molecule has 0 fully saturated rings. The van der Waals surface area contributed by atoms with Crippen molar-refractivity contribution in [2.45, 2.75) is 69.0 Å². The van der Waals surface area contributed by atoms with Gasteiger partial charge in [0.1, 0.15) is 4.21 Å². The fraction of sp³-hybridized carbons (Fsp3) is 0.750. The van der Waals surface area contributed by atoms with Gasteiger partial charge in [0.25, 0.3) is 0 Å². The van der Waals surface area contributed by atoms with Crippen LogP contribution in [0.5, 0.6) is 0 Å². The first-order valence-electron chi connectivity index (χ1n) is 8.33. The molecule has 0 radical (unpaired) electrons. The molecule has 7 heteroatoms. The summed E-state index contributed by atoms with van der Waals surface area (Å²) in [6, 6.07) is 2.63. The van der Waals surface area contributed by atoms with E-state index >= 15 is 0 Å². The number of hydrogen-bond acceptors (Lipinski definition) is 4. The first-order valence-corrected chi connectivity index (χ1v) is 11.0. The van der Waals surface area contributed by atoms with Crippen LogP contribution in [0.3, 0.4) is 0 Å². The standard InChI is InChI=1S/C16H28ClNO3S2/c1-3-5-6-7-9-13(8-4-2)14(12-19)18-23(20,21)16-11-10-15(17)22-16/h10-11,13-14,18-19H,3-9,12H2,1-2H3/t13-,14-/m1/s1. The summed E-state index contributed by atoms with van der Waals surface area (Å²) in [6.45, 7) is 4.07. The van der Waals surface area contributed by atoms with Gasteiger partial charge in [-0.05, 0) is 30.9 Å². The van der Waals surface area contributed by atoms with E-state index < -0.39 is 16.1 Å². The Balaban J connectivity index is 2.73. The SMILES string of the molecule is CCCCCC[C@@H](CCC)[C@@H](CO)NS(=O)(=O)c1ccc(Cl)s1. The molecule has 0 aliphatic rings. The maximum absolute atomic E-state index is 12.4. The van der Waals surface area contributed by atoms with Gasteiger partial charge in [-0.1, -0.05) is 57.6 Å². The smallest absolute Gasteiger partial charge is 0.250 e. The van der Waals surface area contributed by atoms with E-state index in [1.54, 1.807) is 6.07 Å². The molecule has 0 bridgehead atoms. The fourth-order valence-electron chi connectivity index (χ4n) is 2.73. The van der Waals surface area contributed by atoms with Crippen LogP contribution >= 0.6 is 22.9 Å². The zero-order valence-corrected chi connectivity index (χ0v) is 16.3. The quantitative estimate of drug-likeness (QED) is 0.526. The van der Waals surface area contributed by atoms with E-state index in [0.29, 0.717) is 4.34 Å². The molecule has 0 amide bonds. The monoisotopic (exact) mass is 381 g/mol. The number of rotatable bonds is 12. The lowest BCUT2D eigenvalue weighted by Crippen LogP contribution is -2.42. The van der Waals surface area contributed by atoms with Crippen molar-refractivity contribution in [1.29, 1.82) is 0 Å². The van der Waals surface area contributed by atoms with E-state index in [4.69, 9.17) is 11.6 Å². The molecule has 0 aliphatic heterocycles. The largest absolute Gasteiger partial charge is 0.395 e. The van der Waals surface area contributed by atoms with Gasteiger partial charge < -0.3 is 5.11 Å². The Bertz CT molecular complexity index is 545. The molecular formula is C16H28ClNO3S2. The summed E-state index contributed by atoms with van der Waals surface area (Å²) in [5, 5.41) is 9.69. The zero-order valence-electron chi connectivity index (χ0n) is 13.9. The summed E-state index contributed by atoms with van der Waals surface area (Å²) in [4.78, 5) is 0. The molecule has 1 rings (SSSR count). The number of aliphatic hydroxyl groups is 1. The number of hydrogen-bond donors (Lipinski definition) is 2. The van der Waals surface area contributed by atoms with Crippen LogP contribution in [0.1, 0.15) is 58.8 Å². The maximum Gasteiger partial charge on any atom is 0.250 e. The number of nitrogens with one attached hydrogen (secondary N) is 1. The molecule has 0 unspecified atom stereocenters. The highest BCUT2D eigenvalue weighted by Gasteiger charge is 2.27. The third-order valence-corrected chi connectivity index (χ3v) is 7.19. The Labute approximate surface area is 149 Å². The number of halogens is 1. The second-order valence-corrected chi connectivity index (χ2v) is 9.52. The van der Waals surface area contributed by atoms with Crippen molar-refractivity contribution in [2.24, 2.45) is 5.92 Å². The van der Waals surface area contributed by atoms with Crippen LogP contribution in [0.4, 0.5) is 0 Å². The van der Waals surface area contributed by atoms with E-state index in [-0.39, 0.29) is 16.7 Å². The first kappa shape index (κ1) is 20.9. The Morgan fingerprint density at radius 3 is 2.43 bits per heavy atom. The van der Waals surface area contributed by atoms with E-state index in [1.807, 2.05) is 0 Å². The number of aliphatic hydroxyl groups excluding tert-OH is 1. The highest BCUT2D eigenvalue weighted by molar-refractivity contribution is 7.91. The average molecular weight is 382 g/mol. The summed E-state index contributed by atoms with van der Waals surface area (Å²) in [6.07, 6.45) is 7.42. The molecule has 23 heavy (non-hydrogen) atoms. The zero-order chi connectivity index (χ0) is 17.3. The number of sulfonamides is 1. The summed E-state index contributed by atoms with van der Waals surface area (Å²) < 4.78 is 28.2. The second-order valence-electron chi connectivity index (χ2n) is 5.87. The van der Waals surface area contributed by atoms with Crippen molar-refractivity contribution in [3.63, 3.8) is 0 Å². The van der Waals surface area contributed by atoms with Crippen molar-refractivity contribution in [3.8, 4) is 0 Å². The minimum Gasteiger partial charge on any atom is -0.395 e. The van der Waals surface area contributed by atoms with Crippen LogP contribution in [0.2, 0.25) is 4.34 Å². The van der Waals surface area contributed by atoms with Crippen LogP contribution in [0.25, 0.3) is 0 Å². The van der Waals surface area contributed by atoms with Crippen LogP contribution in [-0.4, -0.2) is 26.2 Å². The lowest BCUT2D eigenvalue weighted by Gasteiger charge is -2.26. The van der Waals surface area contributed by atoms with Crippen molar-refractivity contribution < 1.29 is 13.5 Å². The molecule has 1 heterocycles. The molecule has 134 valence electrons. The van der Waals surface area contributed by atoms with Crippen molar-refractivity contribution in [1.82, 2.24) is 4.72 Å². The molecule has 0 saturated carbocycles. The normalized spacial score (nSPS) is 14.8. The number of unbranched alkanes of at least 4 members (excludes halogenated alkanes) is 3. The topological polar surface area (TPSA) is 66.4 Å². The minimum atomic E-state index is -3.63. The summed E-state index contributed by atoms with van der Waals surface area (Å²) in [7, 11) is -3.63. The average Bonchev–Trinajstić information content (AvgIpc) is 2.96. The minimum absolute atomic E-state index is 0.159. The van der Waals surface area contributed by atoms with Crippen LogP contribution in [0, 0.1) is 5.92 Å². The van der Waals surface area contributed by atoms with Gasteiger partial charge in [-0.25, -0.2) is 13.1 Å². The van der Waals surface area contributed by atoms with Gasteiger partial charge in [0, 0.05) is 6.04 Å². The molecular weight excluding hydrogens is 354 g/mol. The highest BCUT2D eigenvalue weighted by Crippen LogP contribution is 2.27. The Morgan fingerprint density at radius 2 is 1.91 bits per heavy atom. The molecule has 1 aromatic heterocycles. The van der Waals surface area contributed by atoms with Gasteiger partial charge in [0.05, 0.1) is 10.9 Å². The fourth-order valence-corrected chi connectivity index (χ4v) is 5.53. The third-order valence-electron chi connectivity index (χ3n) is 3.97. The van der Waals surface area contributed by atoms with Gasteiger partial charge in [0.15, 0.2) is 0 Å². The Kier molecular flexibility index (Phi) is 9.70. The van der Waals surface area contributed by atoms with Crippen LogP contribution < -0.4 is 4.72 Å². The molecule has 2 atom stereocenters. The van der Waals surface area contributed by atoms with E-state index in [1.165, 1.54) is 18.9 Å².